The first-order chi connectivity index (χ1) is 9.16. The van der Waals surface area contributed by atoms with Crippen LogP contribution in [0, 0.1) is 0 Å². The van der Waals surface area contributed by atoms with E-state index in [1.54, 1.807) is 12.1 Å². The topological polar surface area (TPSA) is 63.7 Å². The Morgan fingerprint density at radius 1 is 1.47 bits per heavy atom. The molecule has 2 heterocycles. The van der Waals surface area contributed by atoms with Crippen LogP contribution in [-0.4, -0.2) is 37.9 Å². The molecular weight excluding hydrogens is 246 g/mol. The minimum Gasteiger partial charge on any atom is -0.363 e. The highest BCUT2D eigenvalue weighted by Crippen LogP contribution is 2.13. The van der Waals surface area contributed by atoms with E-state index in [1.807, 2.05) is 19.0 Å². The number of aromatic nitrogens is 1. The van der Waals surface area contributed by atoms with Gasteiger partial charge in [-0.2, -0.15) is 0 Å². The molecule has 1 saturated heterocycles. The summed E-state index contributed by atoms with van der Waals surface area (Å²) < 4.78 is 5.36. The van der Waals surface area contributed by atoms with Gasteiger partial charge in [-0.25, -0.2) is 15.3 Å². The second-order valence-corrected chi connectivity index (χ2v) is 4.64. The van der Waals surface area contributed by atoms with Crippen molar-refractivity contribution in [2.75, 3.05) is 25.6 Å². The molecule has 0 radical (unpaired) electrons. The maximum absolute atomic E-state index is 11.8. The van der Waals surface area contributed by atoms with Gasteiger partial charge in [-0.3, -0.25) is 4.79 Å². The third-order valence-corrected chi connectivity index (χ3v) is 2.89. The summed E-state index contributed by atoms with van der Waals surface area (Å²) >= 11 is 0. The zero-order chi connectivity index (χ0) is 13.7. The van der Waals surface area contributed by atoms with E-state index in [0.29, 0.717) is 12.2 Å². The van der Waals surface area contributed by atoms with Gasteiger partial charge in [0.2, 0.25) is 0 Å². The molecule has 0 bridgehead atoms. The molecule has 0 aliphatic carbocycles. The summed E-state index contributed by atoms with van der Waals surface area (Å²) in [7, 11) is 3.79. The van der Waals surface area contributed by atoms with E-state index in [-0.39, 0.29) is 12.2 Å². The van der Waals surface area contributed by atoms with Crippen molar-refractivity contribution in [3.8, 4) is 0 Å². The van der Waals surface area contributed by atoms with Crippen LogP contribution in [0.3, 0.4) is 0 Å². The number of ether oxygens (including phenoxy) is 1. The molecule has 6 heteroatoms. The van der Waals surface area contributed by atoms with Gasteiger partial charge in [0.25, 0.3) is 5.91 Å². The molecule has 1 amide bonds. The van der Waals surface area contributed by atoms with Crippen LogP contribution in [0.4, 0.5) is 5.82 Å². The van der Waals surface area contributed by atoms with Crippen LogP contribution in [0.1, 0.15) is 29.6 Å². The van der Waals surface area contributed by atoms with Crippen LogP contribution >= 0.6 is 0 Å². The maximum Gasteiger partial charge on any atom is 0.276 e. The van der Waals surface area contributed by atoms with Gasteiger partial charge in [0.05, 0.1) is 5.56 Å². The molecule has 1 aliphatic heterocycles. The van der Waals surface area contributed by atoms with Crippen molar-refractivity contribution < 1.29 is 14.4 Å². The molecule has 1 atom stereocenters. The first-order valence-corrected chi connectivity index (χ1v) is 6.38. The predicted octanol–water partition coefficient (Wildman–Crippen LogP) is 1.34. The predicted molar refractivity (Wildman–Crippen MR) is 70.7 cm³/mol. The molecule has 1 aliphatic rings. The lowest BCUT2D eigenvalue weighted by Crippen LogP contribution is -2.33. The molecule has 1 aromatic heterocycles. The number of nitrogens with one attached hydrogen (secondary N) is 1. The van der Waals surface area contributed by atoms with Gasteiger partial charge in [-0.1, -0.05) is 0 Å². The molecule has 0 aromatic carbocycles. The van der Waals surface area contributed by atoms with E-state index < -0.39 is 0 Å². The number of carbonyl (C=O) groups excluding carboxylic acids is 1. The maximum atomic E-state index is 11.8. The summed E-state index contributed by atoms with van der Waals surface area (Å²) in [5, 5.41) is 0. The average molecular weight is 265 g/mol. The highest BCUT2D eigenvalue weighted by Gasteiger charge is 2.16. The molecule has 1 N–H and O–H groups in total. The molecule has 0 unspecified atom stereocenters. The normalized spacial score (nSPS) is 18.9. The fraction of sp³-hybridized carbons (Fsp3) is 0.538. The molecular formula is C13H19N3O3. The Balaban J connectivity index is 1.85. The first-order valence-electron chi connectivity index (χ1n) is 6.38. The fourth-order valence-electron chi connectivity index (χ4n) is 1.77. The van der Waals surface area contributed by atoms with Crippen LogP contribution < -0.4 is 10.4 Å². The number of nitrogens with zero attached hydrogens (tertiary/aromatic N) is 2. The number of carbonyl (C=O) groups is 1. The molecule has 1 fully saturated rings. The van der Waals surface area contributed by atoms with E-state index >= 15 is 0 Å². The van der Waals surface area contributed by atoms with Gasteiger partial charge in [0.15, 0.2) is 6.29 Å². The number of amides is 1. The molecule has 1 aromatic rings. The van der Waals surface area contributed by atoms with Crippen molar-refractivity contribution in [2.24, 2.45) is 0 Å². The van der Waals surface area contributed by atoms with Crippen molar-refractivity contribution in [1.82, 2.24) is 10.5 Å². The quantitative estimate of drug-likeness (QED) is 0.832. The van der Waals surface area contributed by atoms with E-state index in [9.17, 15) is 4.79 Å². The Hall–Kier alpha value is -1.66. The SMILES string of the molecule is CN(C)c1ccc(C(=O)NO[C@@H]2CCCCO2)cn1. The lowest BCUT2D eigenvalue weighted by Gasteiger charge is -2.22. The Labute approximate surface area is 112 Å². The minimum atomic E-state index is -0.341. The van der Waals surface area contributed by atoms with Crippen LogP contribution in [0.5, 0.6) is 0 Å². The fourth-order valence-corrected chi connectivity index (χ4v) is 1.77. The highest BCUT2D eigenvalue weighted by molar-refractivity contribution is 5.93. The van der Waals surface area contributed by atoms with Crippen LogP contribution in [0.25, 0.3) is 0 Å². The third-order valence-electron chi connectivity index (χ3n) is 2.89. The second kappa shape index (κ2) is 6.49. The number of pyridine rings is 1. The Kier molecular flexibility index (Phi) is 4.70. The van der Waals surface area contributed by atoms with Crippen molar-refractivity contribution >= 4 is 11.7 Å². The molecule has 0 saturated carbocycles. The lowest BCUT2D eigenvalue weighted by atomic mass is 10.2. The zero-order valence-electron chi connectivity index (χ0n) is 11.3. The second-order valence-electron chi connectivity index (χ2n) is 4.64. The van der Waals surface area contributed by atoms with Crippen molar-refractivity contribution in [3.05, 3.63) is 23.9 Å². The van der Waals surface area contributed by atoms with Crippen molar-refractivity contribution in [3.63, 3.8) is 0 Å². The minimum absolute atomic E-state index is 0.313. The number of hydroxylamine groups is 1. The summed E-state index contributed by atoms with van der Waals surface area (Å²) in [5.41, 5.74) is 2.86. The Morgan fingerprint density at radius 2 is 2.32 bits per heavy atom. The standard InChI is InChI=1S/C13H19N3O3/c1-16(2)11-7-6-10(9-14-11)13(17)15-19-12-5-3-4-8-18-12/h6-7,9,12H,3-5,8H2,1-2H3,(H,15,17)/t12-/m1/s1. The van der Waals surface area contributed by atoms with E-state index in [2.05, 4.69) is 10.5 Å². The summed E-state index contributed by atoms with van der Waals surface area (Å²) in [6.07, 6.45) is 4.09. The molecule has 0 spiro atoms. The summed E-state index contributed by atoms with van der Waals surface area (Å²) in [4.78, 5) is 23.1. The van der Waals surface area contributed by atoms with Gasteiger partial charge >= 0.3 is 0 Å². The monoisotopic (exact) mass is 265 g/mol. The van der Waals surface area contributed by atoms with Crippen molar-refractivity contribution in [2.45, 2.75) is 25.6 Å². The number of anilines is 1. The van der Waals surface area contributed by atoms with Gasteiger partial charge in [-0.05, 0) is 25.0 Å². The summed E-state index contributed by atoms with van der Waals surface area (Å²) in [5.74, 6) is 0.486. The van der Waals surface area contributed by atoms with Gasteiger partial charge < -0.3 is 9.64 Å². The molecule has 2 rings (SSSR count). The van der Waals surface area contributed by atoms with Gasteiger partial charge in [0, 0.05) is 33.3 Å². The van der Waals surface area contributed by atoms with E-state index in [4.69, 9.17) is 9.57 Å². The summed E-state index contributed by atoms with van der Waals surface area (Å²) in [6.45, 7) is 0.680. The van der Waals surface area contributed by atoms with Crippen molar-refractivity contribution in [1.29, 1.82) is 0 Å². The van der Waals surface area contributed by atoms with E-state index in [1.165, 1.54) is 6.20 Å². The average Bonchev–Trinajstić information content (AvgIpc) is 2.46. The number of hydrogen-bond donors (Lipinski definition) is 1. The molecule has 19 heavy (non-hydrogen) atoms. The Morgan fingerprint density at radius 3 is 2.89 bits per heavy atom. The van der Waals surface area contributed by atoms with Crippen LogP contribution in [-0.2, 0) is 9.57 Å². The van der Waals surface area contributed by atoms with Gasteiger partial charge in [0.1, 0.15) is 5.82 Å². The molecule has 104 valence electrons. The largest absolute Gasteiger partial charge is 0.363 e. The van der Waals surface area contributed by atoms with Crippen LogP contribution in [0.15, 0.2) is 18.3 Å². The number of hydrogen-bond acceptors (Lipinski definition) is 5. The zero-order valence-corrected chi connectivity index (χ0v) is 11.3. The lowest BCUT2D eigenvalue weighted by molar-refractivity contribution is -0.186. The summed E-state index contributed by atoms with van der Waals surface area (Å²) in [6, 6.07) is 3.49. The Bertz CT molecular complexity index is 414. The third kappa shape index (κ3) is 3.90. The van der Waals surface area contributed by atoms with E-state index in [0.717, 1.165) is 25.1 Å². The smallest absolute Gasteiger partial charge is 0.276 e. The first kappa shape index (κ1) is 13.8. The highest BCUT2D eigenvalue weighted by atomic mass is 16.8. The molecule has 6 nitrogen and oxygen atoms in total. The van der Waals surface area contributed by atoms with Gasteiger partial charge in [-0.15, -0.1) is 0 Å². The number of rotatable bonds is 4. The van der Waals surface area contributed by atoms with Crippen LogP contribution in [0.2, 0.25) is 0 Å².